The van der Waals surface area contributed by atoms with Crippen LogP contribution in [0.4, 0.5) is 0 Å². The summed E-state index contributed by atoms with van der Waals surface area (Å²) in [6.45, 7) is 0.697. The lowest BCUT2D eigenvalue weighted by Crippen LogP contribution is -2.38. The van der Waals surface area contributed by atoms with Gasteiger partial charge in [-0.25, -0.2) is 0 Å². The Kier molecular flexibility index (Phi) is 4.84. The SMILES string of the molecule is O=C(c1ccc(Br)cc1)N1CCCCC1c1nc(-c2ccccc2)no1. The number of nitrogens with zero attached hydrogens (tertiary/aromatic N) is 3. The van der Waals surface area contributed by atoms with Gasteiger partial charge in [0.15, 0.2) is 0 Å². The number of aromatic nitrogens is 2. The zero-order valence-electron chi connectivity index (χ0n) is 14.1. The molecule has 1 atom stereocenters. The molecule has 1 aliphatic rings. The van der Waals surface area contributed by atoms with Crippen molar-refractivity contribution in [1.29, 1.82) is 0 Å². The van der Waals surface area contributed by atoms with Gasteiger partial charge in [-0.1, -0.05) is 51.4 Å². The van der Waals surface area contributed by atoms with E-state index in [1.807, 2.05) is 59.5 Å². The summed E-state index contributed by atoms with van der Waals surface area (Å²) in [5.41, 5.74) is 1.58. The van der Waals surface area contributed by atoms with Gasteiger partial charge in [0.25, 0.3) is 5.91 Å². The van der Waals surface area contributed by atoms with Gasteiger partial charge in [-0.05, 0) is 43.5 Å². The van der Waals surface area contributed by atoms with Gasteiger partial charge in [0, 0.05) is 22.1 Å². The molecule has 0 bridgehead atoms. The van der Waals surface area contributed by atoms with Gasteiger partial charge in [0.05, 0.1) is 0 Å². The molecule has 6 heteroatoms. The highest BCUT2D eigenvalue weighted by molar-refractivity contribution is 9.10. The van der Waals surface area contributed by atoms with Crippen molar-refractivity contribution in [3.05, 3.63) is 70.5 Å². The van der Waals surface area contributed by atoms with Crippen molar-refractivity contribution < 1.29 is 9.32 Å². The predicted octanol–water partition coefficient (Wildman–Crippen LogP) is 4.87. The molecule has 0 radical (unpaired) electrons. The number of hydrogen-bond donors (Lipinski definition) is 0. The van der Waals surface area contributed by atoms with Gasteiger partial charge >= 0.3 is 0 Å². The summed E-state index contributed by atoms with van der Waals surface area (Å²) >= 11 is 3.41. The summed E-state index contributed by atoms with van der Waals surface area (Å²) in [6.07, 6.45) is 2.86. The lowest BCUT2D eigenvalue weighted by atomic mass is 10.0. The van der Waals surface area contributed by atoms with E-state index in [4.69, 9.17) is 4.52 Å². The summed E-state index contributed by atoms with van der Waals surface area (Å²) in [5, 5.41) is 4.11. The highest BCUT2D eigenvalue weighted by Gasteiger charge is 2.32. The average Bonchev–Trinajstić information content (AvgIpc) is 3.19. The third kappa shape index (κ3) is 3.42. The van der Waals surface area contributed by atoms with Crippen LogP contribution in [0.25, 0.3) is 11.4 Å². The Labute approximate surface area is 160 Å². The fourth-order valence-corrected chi connectivity index (χ4v) is 3.53. The van der Waals surface area contributed by atoms with Crippen LogP contribution in [0.3, 0.4) is 0 Å². The van der Waals surface area contributed by atoms with Gasteiger partial charge < -0.3 is 9.42 Å². The second-order valence-electron chi connectivity index (χ2n) is 6.34. The maximum Gasteiger partial charge on any atom is 0.254 e. The van der Waals surface area contributed by atoms with E-state index in [9.17, 15) is 4.79 Å². The molecule has 1 saturated heterocycles. The number of halogens is 1. The first-order valence-electron chi connectivity index (χ1n) is 8.68. The number of piperidine rings is 1. The Morgan fingerprint density at radius 3 is 2.62 bits per heavy atom. The second-order valence-corrected chi connectivity index (χ2v) is 7.25. The molecule has 1 aromatic heterocycles. The zero-order valence-corrected chi connectivity index (χ0v) is 15.7. The van der Waals surface area contributed by atoms with Gasteiger partial charge in [0.1, 0.15) is 6.04 Å². The molecule has 132 valence electrons. The standard InChI is InChI=1S/C20H18BrN3O2/c21-16-11-9-15(10-12-16)20(25)24-13-5-4-8-17(24)19-22-18(23-26-19)14-6-2-1-3-7-14/h1-3,6-7,9-12,17H,4-5,8,13H2. The monoisotopic (exact) mass is 411 g/mol. The topological polar surface area (TPSA) is 59.2 Å². The normalized spacial score (nSPS) is 17.3. The van der Waals surface area contributed by atoms with Crippen LogP contribution in [0.1, 0.15) is 41.6 Å². The van der Waals surface area contributed by atoms with Gasteiger partial charge in [0.2, 0.25) is 11.7 Å². The number of hydrogen-bond acceptors (Lipinski definition) is 4. The molecule has 2 aromatic carbocycles. The van der Waals surface area contributed by atoms with Crippen LogP contribution in [0, 0.1) is 0 Å². The molecule has 26 heavy (non-hydrogen) atoms. The summed E-state index contributed by atoms with van der Waals surface area (Å²) in [4.78, 5) is 19.4. The van der Waals surface area contributed by atoms with Crippen LogP contribution in [0.15, 0.2) is 63.6 Å². The van der Waals surface area contributed by atoms with E-state index in [-0.39, 0.29) is 11.9 Å². The number of carbonyl (C=O) groups excluding carboxylic acids is 1. The number of rotatable bonds is 3. The van der Waals surface area contributed by atoms with Crippen molar-refractivity contribution in [3.63, 3.8) is 0 Å². The Hall–Kier alpha value is -2.47. The molecule has 5 nitrogen and oxygen atoms in total. The molecule has 0 N–H and O–H groups in total. The summed E-state index contributed by atoms with van der Waals surface area (Å²) in [5.74, 6) is 1.07. The Balaban J connectivity index is 1.61. The van der Waals surface area contributed by atoms with Crippen molar-refractivity contribution >= 4 is 21.8 Å². The first-order chi connectivity index (χ1) is 12.7. The molecule has 1 fully saturated rings. The highest BCUT2D eigenvalue weighted by atomic mass is 79.9. The van der Waals surface area contributed by atoms with Gasteiger partial charge in [-0.3, -0.25) is 4.79 Å². The number of likely N-dealkylation sites (tertiary alicyclic amines) is 1. The van der Waals surface area contributed by atoms with E-state index in [2.05, 4.69) is 26.1 Å². The molecule has 1 unspecified atom stereocenters. The van der Waals surface area contributed by atoms with Crippen molar-refractivity contribution in [2.45, 2.75) is 25.3 Å². The smallest absolute Gasteiger partial charge is 0.254 e. The third-order valence-corrected chi connectivity index (χ3v) is 5.14. The largest absolute Gasteiger partial charge is 0.337 e. The van der Waals surface area contributed by atoms with Crippen LogP contribution in [-0.2, 0) is 0 Å². The number of benzene rings is 2. The first kappa shape index (κ1) is 17.0. The van der Waals surface area contributed by atoms with Gasteiger partial charge in [-0.2, -0.15) is 4.98 Å². The minimum Gasteiger partial charge on any atom is -0.337 e. The van der Waals surface area contributed by atoms with E-state index in [0.717, 1.165) is 29.3 Å². The summed E-state index contributed by atoms with van der Waals surface area (Å²) < 4.78 is 6.48. The second kappa shape index (κ2) is 7.41. The summed E-state index contributed by atoms with van der Waals surface area (Å²) in [7, 11) is 0. The number of carbonyl (C=O) groups is 1. The fourth-order valence-electron chi connectivity index (χ4n) is 3.26. The van der Waals surface area contributed by atoms with Crippen molar-refractivity contribution in [3.8, 4) is 11.4 Å². The van der Waals surface area contributed by atoms with E-state index in [1.54, 1.807) is 0 Å². The Bertz CT molecular complexity index is 893. The number of amides is 1. The molecule has 4 rings (SSSR count). The molecule has 1 amide bonds. The van der Waals surface area contributed by atoms with E-state index < -0.39 is 0 Å². The Morgan fingerprint density at radius 1 is 1.08 bits per heavy atom. The van der Waals surface area contributed by atoms with E-state index in [1.165, 1.54) is 0 Å². The maximum absolute atomic E-state index is 13.0. The lowest BCUT2D eigenvalue weighted by Gasteiger charge is -2.33. The molecule has 0 spiro atoms. The quantitative estimate of drug-likeness (QED) is 0.616. The molecular weight excluding hydrogens is 394 g/mol. The van der Waals surface area contributed by atoms with Crippen LogP contribution in [0.5, 0.6) is 0 Å². The lowest BCUT2D eigenvalue weighted by molar-refractivity contribution is 0.0561. The van der Waals surface area contributed by atoms with Crippen LogP contribution >= 0.6 is 15.9 Å². The minimum atomic E-state index is -0.176. The molecule has 0 saturated carbocycles. The molecule has 1 aliphatic heterocycles. The molecule has 2 heterocycles. The van der Waals surface area contributed by atoms with Crippen molar-refractivity contribution in [2.75, 3.05) is 6.54 Å². The van der Waals surface area contributed by atoms with E-state index >= 15 is 0 Å². The third-order valence-electron chi connectivity index (χ3n) is 4.61. The van der Waals surface area contributed by atoms with Crippen LogP contribution < -0.4 is 0 Å². The Morgan fingerprint density at radius 2 is 1.85 bits per heavy atom. The predicted molar refractivity (Wildman–Crippen MR) is 102 cm³/mol. The van der Waals surface area contributed by atoms with Gasteiger partial charge in [-0.15, -0.1) is 0 Å². The zero-order chi connectivity index (χ0) is 17.9. The molecule has 3 aromatic rings. The van der Waals surface area contributed by atoms with Crippen molar-refractivity contribution in [2.24, 2.45) is 0 Å². The molecular formula is C20H18BrN3O2. The van der Waals surface area contributed by atoms with Crippen molar-refractivity contribution in [1.82, 2.24) is 15.0 Å². The van der Waals surface area contributed by atoms with E-state index in [0.29, 0.717) is 23.8 Å². The minimum absolute atomic E-state index is 0.00154. The van der Waals surface area contributed by atoms with Crippen LogP contribution in [0.2, 0.25) is 0 Å². The highest BCUT2D eigenvalue weighted by Crippen LogP contribution is 2.32. The summed E-state index contributed by atoms with van der Waals surface area (Å²) in [6, 6.07) is 17.0. The first-order valence-corrected chi connectivity index (χ1v) is 9.47. The average molecular weight is 412 g/mol. The van der Waals surface area contributed by atoms with Crippen LogP contribution in [-0.4, -0.2) is 27.5 Å². The fraction of sp³-hybridized carbons (Fsp3) is 0.250. The molecule has 0 aliphatic carbocycles. The maximum atomic E-state index is 13.0.